The minimum absolute atomic E-state index is 0. The van der Waals surface area contributed by atoms with Gasteiger partial charge in [-0.15, -0.1) is 0 Å². The highest BCUT2D eigenvalue weighted by Gasteiger charge is 2.25. The topological polar surface area (TPSA) is 75.2 Å². The Morgan fingerprint density at radius 1 is 0.697 bits per heavy atom. The molecule has 0 radical (unpaired) electrons. The van der Waals surface area contributed by atoms with Crippen molar-refractivity contribution in [1.82, 2.24) is 26.2 Å². The lowest BCUT2D eigenvalue weighted by atomic mass is 10.0. The Kier molecular flexibility index (Phi) is 13.5. The molecule has 33 heavy (non-hydrogen) atoms. The summed E-state index contributed by atoms with van der Waals surface area (Å²) in [6.07, 6.45) is 5.26. The lowest BCUT2D eigenvalue weighted by Crippen LogP contribution is -2.48. The maximum atomic E-state index is 5.44. The molecule has 4 heterocycles. The average Bonchev–Trinajstić information content (AvgIpc) is 2.87. The number of hydrogen-bond donors (Lipinski definition) is 2. The molecule has 7 nitrogen and oxygen atoms in total. The highest BCUT2D eigenvalue weighted by Crippen LogP contribution is 2.19. The minimum atomic E-state index is 0. The number of hydrogen-bond acceptors (Lipinski definition) is 7. The number of ether oxygens (including phenoxy) is 2. The van der Waals surface area contributed by atoms with E-state index in [4.69, 9.17) is 9.47 Å². The zero-order valence-corrected chi connectivity index (χ0v) is 19.9. The van der Waals surface area contributed by atoms with Gasteiger partial charge in [-0.25, -0.2) is 0 Å². The molecule has 0 atom stereocenters. The summed E-state index contributed by atoms with van der Waals surface area (Å²) >= 11 is 0. The molecule has 4 fully saturated rings. The van der Waals surface area contributed by atoms with Crippen LogP contribution in [0, 0.1) is 0 Å². The second kappa shape index (κ2) is 15.8. The van der Waals surface area contributed by atoms with Crippen molar-refractivity contribution < 1.29 is 9.47 Å². The molecule has 7 heteroatoms. The van der Waals surface area contributed by atoms with Crippen LogP contribution in [0.4, 0.5) is 0 Å². The summed E-state index contributed by atoms with van der Waals surface area (Å²) < 4.78 is 10.8. The van der Waals surface area contributed by atoms with E-state index in [0.717, 1.165) is 71.2 Å². The second-order valence-corrected chi connectivity index (χ2v) is 9.27. The summed E-state index contributed by atoms with van der Waals surface area (Å²) in [5.41, 5.74) is 1.44. The molecule has 0 spiro atoms. The first-order chi connectivity index (χ1) is 15.4. The van der Waals surface area contributed by atoms with Crippen LogP contribution in [0.25, 0.3) is 0 Å². The van der Waals surface area contributed by atoms with Gasteiger partial charge in [-0.05, 0) is 57.4 Å². The molecule has 4 saturated heterocycles. The van der Waals surface area contributed by atoms with Gasteiger partial charge in [0.1, 0.15) is 0 Å². The summed E-state index contributed by atoms with van der Waals surface area (Å²) in [4.78, 5) is 7.81. The maximum absolute atomic E-state index is 5.44. The van der Waals surface area contributed by atoms with Crippen molar-refractivity contribution in [2.45, 2.75) is 51.7 Å². The van der Waals surface area contributed by atoms with Crippen molar-refractivity contribution in [1.29, 1.82) is 0 Å². The van der Waals surface area contributed by atoms with Gasteiger partial charge in [0.25, 0.3) is 0 Å². The molecule has 1 aromatic rings. The summed E-state index contributed by atoms with van der Waals surface area (Å²) in [7, 11) is 0. The summed E-state index contributed by atoms with van der Waals surface area (Å²) in [6.45, 7) is 14.2. The Morgan fingerprint density at radius 3 is 1.70 bits per heavy atom. The van der Waals surface area contributed by atoms with E-state index in [-0.39, 0.29) is 13.6 Å². The van der Waals surface area contributed by atoms with Gasteiger partial charge in [-0.1, -0.05) is 37.8 Å². The Hall–Kier alpha value is -1.06. The van der Waals surface area contributed by atoms with E-state index in [2.05, 4.69) is 50.3 Å². The lowest BCUT2D eigenvalue weighted by molar-refractivity contribution is 0.000231. The van der Waals surface area contributed by atoms with E-state index < -0.39 is 0 Å². The first-order valence-corrected chi connectivity index (χ1v) is 12.5. The maximum Gasteiger partial charge on any atom is 0.0594 e. The Labute approximate surface area is 202 Å². The molecular formula is C26H49N5O2. The van der Waals surface area contributed by atoms with Gasteiger partial charge in [0.15, 0.2) is 0 Å². The molecule has 0 bridgehead atoms. The van der Waals surface area contributed by atoms with E-state index in [1.54, 1.807) is 0 Å². The molecule has 190 valence electrons. The normalized spacial score (nSPS) is 24.1. The van der Waals surface area contributed by atoms with Crippen molar-refractivity contribution in [2.75, 3.05) is 78.8 Å². The van der Waals surface area contributed by atoms with Crippen LogP contribution in [-0.2, 0) is 16.0 Å². The van der Waals surface area contributed by atoms with Crippen LogP contribution in [-0.4, -0.2) is 106 Å². The van der Waals surface area contributed by atoms with Gasteiger partial charge in [-0.2, -0.15) is 0 Å². The van der Waals surface area contributed by atoms with Gasteiger partial charge >= 0.3 is 0 Å². The fourth-order valence-corrected chi connectivity index (χ4v) is 5.34. The predicted octanol–water partition coefficient (Wildman–Crippen LogP) is 2.85. The highest BCUT2D eigenvalue weighted by molar-refractivity contribution is 5.14. The molecular weight excluding hydrogens is 414 g/mol. The van der Waals surface area contributed by atoms with Gasteiger partial charge in [0.05, 0.1) is 26.4 Å². The number of piperidine rings is 2. The van der Waals surface area contributed by atoms with E-state index in [1.165, 1.54) is 57.4 Å². The van der Waals surface area contributed by atoms with E-state index in [9.17, 15) is 0 Å². The molecule has 4 aliphatic heterocycles. The first kappa shape index (κ1) is 28.2. The minimum Gasteiger partial charge on any atom is -0.379 e. The smallest absolute Gasteiger partial charge is 0.0594 e. The number of likely N-dealkylation sites (tertiary alicyclic amines) is 1. The molecule has 0 saturated carbocycles. The third kappa shape index (κ3) is 9.25. The van der Waals surface area contributed by atoms with Gasteiger partial charge in [0, 0.05) is 44.8 Å². The zero-order valence-electron chi connectivity index (χ0n) is 19.9. The zero-order chi connectivity index (χ0) is 21.1. The third-order valence-corrected chi connectivity index (χ3v) is 7.24. The number of nitrogens with one attached hydrogen (secondary N) is 1. The van der Waals surface area contributed by atoms with Crippen molar-refractivity contribution in [3.8, 4) is 0 Å². The van der Waals surface area contributed by atoms with Crippen LogP contribution in [0.15, 0.2) is 30.3 Å². The van der Waals surface area contributed by atoms with E-state index in [1.807, 2.05) is 0 Å². The Balaban J connectivity index is 0.000000240. The Bertz CT molecular complexity index is 578. The molecule has 4 N–H and O–H groups in total. The average molecular weight is 464 g/mol. The number of nitrogens with zero attached hydrogens (tertiary/aromatic N) is 3. The Morgan fingerprint density at radius 2 is 1.18 bits per heavy atom. The fourth-order valence-electron chi connectivity index (χ4n) is 5.34. The summed E-state index contributed by atoms with van der Waals surface area (Å²) in [5.74, 6) is 0. The standard InChI is InChI=1S/C16H24N2O.C9H18N2O.CH4.H3N/c1-2-4-15(5-3-1)14-17-8-6-16(7-9-17)18-10-12-19-13-11-18;1-3-10-4-2-9(1)11-5-7-12-8-6-11;;/h1-5,16H,6-14H2;9-10H,1-8H2;1H4;1H3. The van der Waals surface area contributed by atoms with Crippen LogP contribution < -0.4 is 11.5 Å². The fraction of sp³-hybridized carbons (Fsp3) is 0.769. The lowest BCUT2D eigenvalue weighted by Gasteiger charge is -2.40. The first-order valence-electron chi connectivity index (χ1n) is 12.5. The summed E-state index contributed by atoms with van der Waals surface area (Å²) in [5, 5.41) is 3.40. The number of morpholine rings is 2. The molecule has 0 aliphatic carbocycles. The highest BCUT2D eigenvalue weighted by atomic mass is 16.5. The predicted molar refractivity (Wildman–Crippen MR) is 137 cm³/mol. The van der Waals surface area contributed by atoms with Crippen LogP contribution in [0.5, 0.6) is 0 Å². The van der Waals surface area contributed by atoms with Crippen LogP contribution >= 0.6 is 0 Å². The van der Waals surface area contributed by atoms with Crippen LogP contribution in [0.2, 0.25) is 0 Å². The quantitative estimate of drug-likeness (QED) is 0.711. The second-order valence-electron chi connectivity index (χ2n) is 9.27. The molecule has 1 aromatic carbocycles. The van der Waals surface area contributed by atoms with Gasteiger partial charge in [-0.3, -0.25) is 14.7 Å². The third-order valence-electron chi connectivity index (χ3n) is 7.24. The number of rotatable bonds is 4. The number of benzene rings is 1. The largest absolute Gasteiger partial charge is 0.379 e. The van der Waals surface area contributed by atoms with Crippen molar-refractivity contribution >= 4 is 0 Å². The summed E-state index contributed by atoms with van der Waals surface area (Å²) in [6, 6.07) is 12.4. The molecule has 0 amide bonds. The van der Waals surface area contributed by atoms with Crippen molar-refractivity contribution in [2.24, 2.45) is 0 Å². The van der Waals surface area contributed by atoms with Crippen molar-refractivity contribution in [3.05, 3.63) is 35.9 Å². The van der Waals surface area contributed by atoms with Crippen LogP contribution in [0.3, 0.4) is 0 Å². The van der Waals surface area contributed by atoms with Gasteiger partial charge in [0.2, 0.25) is 0 Å². The SMILES string of the molecule is C.C1CC(N2CCOCC2)CCN1.N.c1ccc(CN2CCC(N3CCOCC3)CC2)cc1. The molecule has 4 aliphatic rings. The van der Waals surface area contributed by atoms with Crippen LogP contribution in [0.1, 0.15) is 38.7 Å². The van der Waals surface area contributed by atoms with Crippen molar-refractivity contribution in [3.63, 3.8) is 0 Å². The molecule has 5 rings (SSSR count). The molecule has 0 aromatic heterocycles. The van der Waals surface area contributed by atoms with E-state index >= 15 is 0 Å². The monoisotopic (exact) mass is 463 g/mol. The van der Waals surface area contributed by atoms with E-state index in [0.29, 0.717) is 0 Å². The van der Waals surface area contributed by atoms with Gasteiger partial charge < -0.3 is 20.9 Å². The molecule has 0 unspecified atom stereocenters.